The highest BCUT2D eigenvalue weighted by Crippen LogP contribution is 2.38. The predicted octanol–water partition coefficient (Wildman–Crippen LogP) is 17.0. The zero-order valence-electron chi connectivity index (χ0n) is 46.9. The van der Waals surface area contributed by atoms with Crippen LogP contribution in [-0.4, -0.2) is 69.4 Å². The number of nitrogens with one attached hydrogen (secondary N) is 1. The summed E-state index contributed by atoms with van der Waals surface area (Å²) in [6.07, 6.45) is 64.3. The number of hydrogen-bond acceptors (Lipinski definition) is 7. The normalized spacial score (nSPS) is 14.3. The molecule has 0 aliphatic carbocycles. The first-order valence-electron chi connectivity index (χ1n) is 29.3. The van der Waals surface area contributed by atoms with E-state index in [4.69, 9.17) is 13.8 Å². The van der Waals surface area contributed by atoms with Crippen LogP contribution in [0.4, 0.5) is 0 Å². The Morgan fingerprint density at radius 3 is 1.39 bits per heavy atom. The summed E-state index contributed by atoms with van der Waals surface area (Å²) in [6.45, 7) is 6.75. The number of esters is 1. The van der Waals surface area contributed by atoms with Gasteiger partial charge >= 0.3 is 5.97 Å². The van der Waals surface area contributed by atoms with E-state index >= 15 is 0 Å². The van der Waals surface area contributed by atoms with Crippen LogP contribution in [0.25, 0.3) is 0 Å². The fourth-order valence-electron chi connectivity index (χ4n) is 8.05. The first kappa shape index (κ1) is 68.5. The summed E-state index contributed by atoms with van der Waals surface area (Å²) in [4.78, 5) is 39.9. The van der Waals surface area contributed by atoms with Crippen LogP contribution in [0.1, 0.15) is 252 Å². The van der Waals surface area contributed by atoms with Crippen molar-refractivity contribution < 1.29 is 37.3 Å². The predicted molar refractivity (Wildman–Crippen MR) is 302 cm³/mol. The van der Waals surface area contributed by atoms with Crippen LogP contribution in [0.3, 0.4) is 0 Å². The molecule has 0 saturated carbocycles. The molecule has 0 aromatic rings. The maximum absolute atomic E-state index is 13.5. The third-order valence-corrected chi connectivity index (χ3v) is 13.6. The van der Waals surface area contributed by atoms with Gasteiger partial charge in [0.2, 0.25) is 5.91 Å². The summed E-state index contributed by atoms with van der Waals surface area (Å²) in [7, 11) is 1.16. The Hall–Kier alpha value is -2.55. The Labute approximate surface area is 438 Å². The van der Waals surface area contributed by atoms with Gasteiger partial charge in [-0.05, 0) is 96.0 Å². The second-order valence-corrected chi connectivity index (χ2v) is 22.2. The van der Waals surface area contributed by atoms with E-state index in [1.165, 1.54) is 96.3 Å². The molecule has 0 bridgehead atoms. The third-order valence-electron chi connectivity index (χ3n) is 12.6. The maximum Gasteiger partial charge on any atom is 0.306 e. The van der Waals surface area contributed by atoms with Gasteiger partial charge in [0.25, 0.3) is 7.82 Å². The van der Waals surface area contributed by atoms with Crippen molar-refractivity contribution in [2.24, 2.45) is 0 Å². The van der Waals surface area contributed by atoms with Gasteiger partial charge in [-0.2, -0.15) is 0 Å². The number of ether oxygens (including phenoxy) is 1. The van der Waals surface area contributed by atoms with Gasteiger partial charge in [-0.1, -0.05) is 216 Å². The molecule has 0 radical (unpaired) electrons. The van der Waals surface area contributed by atoms with E-state index < -0.39 is 26.6 Å². The third kappa shape index (κ3) is 52.1. The minimum absolute atomic E-state index is 0.0296. The van der Waals surface area contributed by atoms with Gasteiger partial charge < -0.3 is 28.5 Å². The van der Waals surface area contributed by atoms with E-state index in [2.05, 4.69) is 86.8 Å². The van der Waals surface area contributed by atoms with Crippen molar-refractivity contribution in [2.75, 3.05) is 40.9 Å². The van der Waals surface area contributed by atoms with Crippen molar-refractivity contribution in [1.29, 1.82) is 0 Å². The smallest absolute Gasteiger partial charge is 0.306 e. The maximum atomic E-state index is 13.5. The number of nitrogens with zero attached hydrogens (tertiary/aromatic N) is 1. The van der Waals surface area contributed by atoms with Crippen LogP contribution in [0.5, 0.6) is 0 Å². The van der Waals surface area contributed by atoms with E-state index in [0.29, 0.717) is 23.9 Å². The largest absolute Gasteiger partial charge is 0.756 e. The lowest BCUT2D eigenvalue weighted by atomic mass is 10.1. The molecule has 1 amide bonds. The number of carbonyl (C=O) groups excluding carboxylic acids is 2. The molecule has 71 heavy (non-hydrogen) atoms. The first-order valence-corrected chi connectivity index (χ1v) is 30.7. The lowest BCUT2D eigenvalue weighted by molar-refractivity contribution is -0.870. The number of unbranched alkanes of at least 4 members (excludes halogenated alkanes) is 27. The molecule has 9 nitrogen and oxygen atoms in total. The lowest BCUT2D eigenvalue weighted by Gasteiger charge is -2.30. The minimum atomic E-state index is -4.70. The van der Waals surface area contributed by atoms with E-state index in [1.807, 2.05) is 33.3 Å². The summed E-state index contributed by atoms with van der Waals surface area (Å²) >= 11 is 0. The summed E-state index contributed by atoms with van der Waals surface area (Å²) < 4.78 is 30.2. The van der Waals surface area contributed by atoms with Crippen molar-refractivity contribution in [3.8, 4) is 0 Å². The molecule has 10 heteroatoms. The molecule has 412 valence electrons. The standard InChI is InChI=1S/C61H111N2O7P/c1-7-10-13-16-19-22-25-27-29-30-31-32-34-35-38-41-44-47-50-53-60(64)62-58(57-69-71(66,67)68-56-55-63(4,5)6)59(52-49-46-43-40-37-24-21-18-15-12-9-3)70-61(65)54-51-48-45-42-39-36-33-28-26-23-20-17-14-11-8-2/h19-20,22-23,26-29,31-32,49,52,58-59H,7-18,21,24-25,30,33-48,50-51,53-57H2,1-6H3,(H-,62,64,66,67)/b22-19-,23-20+,28-26+,29-27-,32-31-,52-49-. The average Bonchev–Trinajstić information content (AvgIpc) is 3.33. The van der Waals surface area contributed by atoms with Crippen LogP contribution in [0.15, 0.2) is 72.9 Å². The Morgan fingerprint density at radius 1 is 0.507 bits per heavy atom. The molecule has 1 N–H and O–H groups in total. The summed E-state index contributed by atoms with van der Waals surface area (Å²) in [5, 5.41) is 3.01. The SMILES string of the molecule is CCCCC/C=C\C/C=C\C/C=C\CCCCCCCCC(=O)NC(COP(=O)([O-])OCC[N+](C)(C)C)C(/C=C\CCCCCCCCCCC)OC(=O)CCCCCCCC/C=C/C=C/CCCCC. The highest BCUT2D eigenvalue weighted by atomic mass is 31.2. The Balaban J connectivity index is 5.33. The summed E-state index contributed by atoms with van der Waals surface area (Å²) in [5.74, 6) is -0.571. The minimum Gasteiger partial charge on any atom is -0.756 e. The molecule has 3 atom stereocenters. The topological polar surface area (TPSA) is 114 Å². The zero-order chi connectivity index (χ0) is 52.2. The van der Waals surface area contributed by atoms with Crippen molar-refractivity contribution in [3.63, 3.8) is 0 Å². The molecular formula is C61H111N2O7P. The van der Waals surface area contributed by atoms with Gasteiger partial charge in [0.1, 0.15) is 19.3 Å². The molecule has 0 aliphatic rings. The molecule has 0 rings (SSSR count). The molecule has 3 unspecified atom stereocenters. The lowest BCUT2D eigenvalue weighted by Crippen LogP contribution is -2.47. The van der Waals surface area contributed by atoms with Crippen LogP contribution in [0, 0.1) is 0 Å². The number of amides is 1. The number of quaternary nitrogens is 1. The Bertz CT molecular complexity index is 1450. The number of carbonyl (C=O) groups is 2. The molecule has 0 spiro atoms. The second kappa shape index (κ2) is 51.0. The van der Waals surface area contributed by atoms with Crippen LogP contribution >= 0.6 is 7.82 Å². The number of likely N-dealkylation sites (N-methyl/N-ethyl adjacent to an activating group) is 1. The molecule has 0 heterocycles. The summed E-state index contributed by atoms with van der Waals surface area (Å²) in [6, 6.07) is -0.901. The van der Waals surface area contributed by atoms with E-state index in [1.54, 1.807) is 0 Å². The van der Waals surface area contributed by atoms with Gasteiger partial charge in [0.05, 0.1) is 33.8 Å². The number of rotatable bonds is 52. The highest BCUT2D eigenvalue weighted by molar-refractivity contribution is 7.45. The fraction of sp³-hybridized carbons (Fsp3) is 0.770. The van der Waals surface area contributed by atoms with Crippen LogP contribution in [0.2, 0.25) is 0 Å². The van der Waals surface area contributed by atoms with Gasteiger partial charge in [0, 0.05) is 12.8 Å². The zero-order valence-corrected chi connectivity index (χ0v) is 47.8. The molecule has 0 aromatic heterocycles. The number of allylic oxidation sites excluding steroid dienone is 11. The molecule has 0 fully saturated rings. The quantitative estimate of drug-likeness (QED) is 0.0161. The molecule has 0 saturated heterocycles. The first-order chi connectivity index (χ1) is 34.4. The average molecular weight is 1020 g/mol. The van der Waals surface area contributed by atoms with E-state index in [0.717, 1.165) is 116 Å². The van der Waals surface area contributed by atoms with E-state index in [9.17, 15) is 19.0 Å². The van der Waals surface area contributed by atoms with Crippen molar-refractivity contribution >= 4 is 19.7 Å². The van der Waals surface area contributed by atoms with Crippen molar-refractivity contribution in [3.05, 3.63) is 72.9 Å². The van der Waals surface area contributed by atoms with Crippen molar-refractivity contribution in [1.82, 2.24) is 5.32 Å². The Kier molecular flexibility index (Phi) is 49.1. The van der Waals surface area contributed by atoms with Crippen LogP contribution in [-0.2, 0) is 27.9 Å². The molecular weight excluding hydrogens is 904 g/mol. The number of phosphoric acid groups is 1. The van der Waals surface area contributed by atoms with Crippen LogP contribution < -0.4 is 10.2 Å². The number of hydrogen-bond donors (Lipinski definition) is 1. The molecule has 0 aliphatic heterocycles. The van der Waals surface area contributed by atoms with E-state index in [-0.39, 0.29) is 24.9 Å². The van der Waals surface area contributed by atoms with Gasteiger partial charge in [-0.25, -0.2) is 0 Å². The van der Waals surface area contributed by atoms with Crippen molar-refractivity contribution in [2.45, 2.75) is 264 Å². The van der Waals surface area contributed by atoms with Gasteiger partial charge in [0.15, 0.2) is 0 Å². The van der Waals surface area contributed by atoms with Gasteiger partial charge in [-0.3, -0.25) is 14.2 Å². The Morgan fingerprint density at radius 2 is 0.901 bits per heavy atom. The second-order valence-electron chi connectivity index (χ2n) is 20.8. The monoisotopic (exact) mass is 1010 g/mol. The fourth-order valence-corrected chi connectivity index (χ4v) is 8.77. The molecule has 0 aromatic carbocycles. The highest BCUT2D eigenvalue weighted by Gasteiger charge is 2.27. The van der Waals surface area contributed by atoms with Gasteiger partial charge in [-0.15, -0.1) is 0 Å². The number of phosphoric ester groups is 1. The summed E-state index contributed by atoms with van der Waals surface area (Å²) in [5.41, 5.74) is 0.